The highest BCUT2D eigenvalue weighted by molar-refractivity contribution is 5.87. The van der Waals surface area contributed by atoms with Crippen molar-refractivity contribution in [1.82, 2.24) is 20.2 Å². The summed E-state index contributed by atoms with van der Waals surface area (Å²) in [5.41, 5.74) is -0.243. The van der Waals surface area contributed by atoms with E-state index in [1.807, 2.05) is 0 Å². The zero-order chi connectivity index (χ0) is 25.0. The van der Waals surface area contributed by atoms with Gasteiger partial charge in [0.25, 0.3) is 5.56 Å². The van der Waals surface area contributed by atoms with Gasteiger partial charge in [0.15, 0.2) is 6.23 Å². The van der Waals surface area contributed by atoms with Gasteiger partial charge in [0, 0.05) is 26.1 Å². The van der Waals surface area contributed by atoms with Crippen LogP contribution in [0.4, 0.5) is 0 Å². The van der Waals surface area contributed by atoms with Gasteiger partial charge in [0.05, 0.1) is 12.2 Å². The van der Waals surface area contributed by atoms with Gasteiger partial charge in [0.2, 0.25) is 11.8 Å². The van der Waals surface area contributed by atoms with Crippen molar-refractivity contribution in [2.45, 2.75) is 50.8 Å². The van der Waals surface area contributed by atoms with E-state index in [4.69, 9.17) is 4.74 Å². The van der Waals surface area contributed by atoms with Crippen LogP contribution in [0.5, 0.6) is 0 Å². The summed E-state index contributed by atoms with van der Waals surface area (Å²) < 4.78 is 6.34. The first-order chi connectivity index (χ1) is 16.2. The van der Waals surface area contributed by atoms with E-state index in [0.717, 1.165) is 10.1 Å². The quantitative estimate of drug-likeness (QED) is 0.253. The second-order valence-corrected chi connectivity index (χ2v) is 7.99. The zero-order valence-corrected chi connectivity index (χ0v) is 18.7. The lowest BCUT2D eigenvalue weighted by atomic mass is 10.0. The van der Waals surface area contributed by atoms with Crippen molar-refractivity contribution in [2.75, 3.05) is 13.2 Å². The molecule has 5 atom stereocenters. The third-order valence-electron chi connectivity index (χ3n) is 5.51. The topological polar surface area (TPSA) is 183 Å². The molecule has 0 saturated carbocycles. The number of hydrogen-bond donors (Lipinski definition) is 6. The predicted octanol–water partition coefficient (Wildman–Crippen LogP) is -2.00. The predicted molar refractivity (Wildman–Crippen MR) is 120 cm³/mol. The first-order valence-electron chi connectivity index (χ1n) is 10.8. The normalized spacial score (nSPS) is 22.9. The Labute approximate surface area is 194 Å². The molecule has 0 aliphatic carbocycles. The summed E-state index contributed by atoms with van der Waals surface area (Å²) in [7, 11) is 0. The molecule has 2 aromatic rings. The fraction of sp³-hybridized carbons (Fsp3) is 0.455. The number of ether oxygens (including phenoxy) is 1. The first-order valence-corrected chi connectivity index (χ1v) is 10.8. The van der Waals surface area contributed by atoms with Crippen LogP contribution in [0.1, 0.15) is 25.6 Å². The Kier molecular flexibility index (Phi) is 7.99. The van der Waals surface area contributed by atoms with Crippen LogP contribution in [0.2, 0.25) is 0 Å². The standard InChI is InChI=1S/C22H28N4O8/c1-3-23-20(32)15(24-11(2)28)8-12-4-6-13(7-5-12)14-9-26(22(33)25-19(14)31)21-18(30)17(29)16(10-27)34-21/h4-7,9,15-18,21,27,29-30H,3,8,10H2,1-2H3,(H,23,32)(H,24,28)(H,25,31,33)/t15?,16-,17-,18-,21-/m1/s1. The average molecular weight is 476 g/mol. The summed E-state index contributed by atoms with van der Waals surface area (Å²) in [6, 6.07) is 5.85. The minimum absolute atomic E-state index is 0.103. The number of aromatic nitrogens is 2. The number of nitrogens with zero attached hydrogens (tertiary/aromatic N) is 1. The van der Waals surface area contributed by atoms with Crippen molar-refractivity contribution in [3.63, 3.8) is 0 Å². The third kappa shape index (κ3) is 5.42. The fourth-order valence-electron chi connectivity index (χ4n) is 3.80. The van der Waals surface area contributed by atoms with Crippen LogP contribution in [0, 0.1) is 0 Å². The molecule has 12 heteroatoms. The molecule has 1 aliphatic rings. The number of H-pyrrole nitrogens is 1. The van der Waals surface area contributed by atoms with E-state index < -0.39 is 48.4 Å². The second kappa shape index (κ2) is 10.7. The van der Waals surface area contributed by atoms with Gasteiger partial charge in [-0.25, -0.2) is 4.79 Å². The summed E-state index contributed by atoms with van der Waals surface area (Å²) in [5.74, 6) is -0.657. The number of hydrogen-bond acceptors (Lipinski definition) is 8. The Bertz CT molecular complexity index is 1140. The third-order valence-corrected chi connectivity index (χ3v) is 5.51. The van der Waals surface area contributed by atoms with Gasteiger partial charge in [-0.1, -0.05) is 24.3 Å². The Morgan fingerprint density at radius 1 is 1.18 bits per heavy atom. The van der Waals surface area contributed by atoms with Gasteiger partial charge in [-0.3, -0.25) is 23.9 Å². The minimum atomic E-state index is -1.49. The highest BCUT2D eigenvalue weighted by Gasteiger charge is 2.43. The molecule has 184 valence electrons. The fourth-order valence-corrected chi connectivity index (χ4v) is 3.80. The SMILES string of the molecule is CCNC(=O)C(Cc1ccc(-c2cn([C@@H]3O[C@H](CO)[C@@H](O)[C@H]3O)c(=O)[nH]c2=O)cc1)NC(C)=O. The molecular weight excluding hydrogens is 448 g/mol. The van der Waals surface area contributed by atoms with Crippen LogP contribution >= 0.6 is 0 Å². The van der Waals surface area contributed by atoms with Crippen molar-refractivity contribution in [1.29, 1.82) is 0 Å². The summed E-state index contributed by atoms with van der Waals surface area (Å²) in [6.45, 7) is 2.96. The van der Waals surface area contributed by atoms with Crippen molar-refractivity contribution in [3.8, 4) is 11.1 Å². The van der Waals surface area contributed by atoms with Crippen molar-refractivity contribution in [2.24, 2.45) is 0 Å². The maximum atomic E-state index is 12.5. The first kappa shape index (κ1) is 25.3. The van der Waals surface area contributed by atoms with E-state index in [9.17, 15) is 34.5 Å². The summed E-state index contributed by atoms with van der Waals surface area (Å²) >= 11 is 0. The second-order valence-electron chi connectivity index (χ2n) is 7.99. The number of rotatable bonds is 8. The highest BCUT2D eigenvalue weighted by atomic mass is 16.6. The maximum absolute atomic E-state index is 12.5. The molecule has 1 unspecified atom stereocenters. The molecule has 1 aromatic carbocycles. The number of likely N-dealkylation sites (N-methyl/N-ethyl adjacent to an activating group) is 1. The molecule has 1 saturated heterocycles. The van der Waals surface area contributed by atoms with E-state index >= 15 is 0 Å². The largest absolute Gasteiger partial charge is 0.394 e. The van der Waals surface area contributed by atoms with Gasteiger partial charge >= 0.3 is 5.69 Å². The smallest absolute Gasteiger partial charge is 0.330 e. The lowest BCUT2D eigenvalue weighted by Gasteiger charge is -2.18. The number of carbonyl (C=O) groups is 2. The number of amides is 2. The van der Waals surface area contributed by atoms with Crippen LogP contribution in [0.15, 0.2) is 40.1 Å². The van der Waals surface area contributed by atoms with Crippen LogP contribution in [-0.2, 0) is 20.7 Å². The maximum Gasteiger partial charge on any atom is 0.330 e. The molecule has 34 heavy (non-hydrogen) atoms. The highest BCUT2D eigenvalue weighted by Crippen LogP contribution is 2.28. The molecule has 0 spiro atoms. The molecule has 2 heterocycles. The Balaban J connectivity index is 1.87. The molecule has 3 rings (SSSR count). The molecule has 12 nitrogen and oxygen atoms in total. The molecule has 1 fully saturated rings. The Morgan fingerprint density at radius 3 is 2.41 bits per heavy atom. The van der Waals surface area contributed by atoms with E-state index in [2.05, 4.69) is 15.6 Å². The number of aliphatic hydroxyl groups is 3. The van der Waals surface area contributed by atoms with Gasteiger partial charge in [-0.2, -0.15) is 0 Å². The van der Waals surface area contributed by atoms with Crippen LogP contribution in [-0.4, -0.2) is 74.2 Å². The molecule has 1 aliphatic heterocycles. The zero-order valence-electron chi connectivity index (χ0n) is 18.7. The van der Waals surface area contributed by atoms with Crippen LogP contribution < -0.4 is 21.9 Å². The Morgan fingerprint density at radius 2 is 1.85 bits per heavy atom. The van der Waals surface area contributed by atoms with E-state index in [-0.39, 0.29) is 23.8 Å². The molecular formula is C22H28N4O8. The molecule has 0 radical (unpaired) electrons. The van der Waals surface area contributed by atoms with Gasteiger partial charge in [0.1, 0.15) is 24.4 Å². The van der Waals surface area contributed by atoms with E-state index in [0.29, 0.717) is 12.1 Å². The van der Waals surface area contributed by atoms with Gasteiger partial charge < -0.3 is 30.7 Å². The Hall–Kier alpha value is -3.32. The summed E-state index contributed by atoms with van der Waals surface area (Å²) in [5, 5.41) is 34.8. The van der Waals surface area contributed by atoms with Crippen molar-refractivity contribution < 1.29 is 29.6 Å². The monoisotopic (exact) mass is 476 g/mol. The number of benzene rings is 1. The minimum Gasteiger partial charge on any atom is -0.394 e. The summed E-state index contributed by atoms with van der Waals surface area (Å²) in [6.07, 6.45) is -3.84. The molecule has 0 bridgehead atoms. The number of aliphatic hydroxyl groups excluding tert-OH is 3. The number of carbonyl (C=O) groups excluding carboxylic acids is 2. The lowest BCUT2D eigenvalue weighted by Crippen LogP contribution is -2.47. The van der Waals surface area contributed by atoms with E-state index in [1.165, 1.54) is 13.1 Å². The van der Waals surface area contributed by atoms with Crippen molar-refractivity contribution in [3.05, 3.63) is 56.9 Å². The molecule has 2 amide bonds. The van der Waals surface area contributed by atoms with Gasteiger partial charge in [-0.05, 0) is 18.1 Å². The number of nitrogens with one attached hydrogen (secondary N) is 3. The number of aromatic amines is 1. The molecule has 1 aromatic heterocycles. The van der Waals surface area contributed by atoms with E-state index in [1.54, 1.807) is 31.2 Å². The summed E-state index contributed by atoms with van der Waals surface area (Å²) in [4.78, 5) is 50.7. The molecule has 6 N–H and O–H groups in total. The van der Waals surface area contributed by atoms with Gasteiger partial charge in [-0.15, -0.1) is 0 Å². The van der Waals surface area contributed by atoms with Crippen molar-refractivity contribution >= 4 is 11.8 Å². The average Bonchev–Trinajstić information content (AvgIpc) is 3.08. The van der Waals surface area contributed by atoms with Crippen LogP contribution in [0.3, 0.4) is 0 Å². The lowest BCUT2D eigenvalue weighted by molar-refractivity contribution is -0.128. The van der Waals surface area contributed by atoms with Crippen LogP contribution in [0.25, 0.3) is 11.1 Å².